The first-order chi connectivity index (χ1) is 10.4. The Morgan fingerprint density at radius 2 is 1.77 bits per heavy atom. The first kappa shape index (κ1) is 17.5. The van der Waals surface area contributed by atoms with Crippen molar-refractivity contribution in [2.24, 2.45) is 5.92 Å². The van der Waals surface area contributed by atoms with Crippen molar-refractivity contribution in [1.29, 1.82) is 0 Å². The van der Waals surface area contributed by atoms with Crippen molar-refractivity contribution >= 4 is 6.03 Å². The largest absolute Gasteiger partial charge is 0.388 e. The highest BCUT2D eigenvalue weighted by Crippen LogP contribution is 2.32. The average Bonchev–Trinajstić information content (AvgIpc) is 2.45. The SMILES string of the molecule is C[C@@H]1CC(NC(=O)NC[C@](C)(O)C2CCCCC2)C[C@H](C)O1. The number of hydrogen-bond acceptors (Lipinski definition) is 3. The number of nitrogens with one attached hydrogen (secondary N) is 2. The Balaban J connectivity index is 1.74. The lowest BCUT2D eigenvalue weighted by atomic mass is 9.78. The normalized spacial score (nSPS) is 33.0. The molecule has 22 heavy (non-hydrogen) atoms. The molecule has 0 spiro atoms. The van der Waals surface area contributed by atoms with E-state index >= 15 is 0 Å². The molecule has 2 aliphatic rings. The summed E-state index contributed by atoms with van der Waals surface area (Å²) in [4.78, 5) is 12.1. The number of carbonyl (C=O) groups excluding carboxylic acids is 1. The highest BCUT2D eigenvalue weighted by Gasteiger charge is 2.33. The lowest BCUT2D eigenvalue weighted by molar-refractivity contribution is -0.0406. The van der Waals surface area contributed by atoms with E-state index in [1.165, 1.54) is 19.3 Å². The quantitative estimate of drug-likeness (QED) is 0.747. The number of amides is 2. The Hall–Kier alpha value is -0.810. The topological polar surface area (TPSA) is 70.6 Å². The minimum absolute atomic E-state index is 0.151. The molecule has 5 nitrogen and oxygen atoms in total. The van der Waals surface area contributed by atoms with Crippen molar-refractivity contribution in [3.8, 4) is 0 Å². The van der Waals surface area contributed by atoms with Gasteiger partial charge in [0.15, 0.2) is 0 Å². The third kappa shape index (κ3) is 5.13. The van der Waals surface area contributed by atoms with Gasteiger partial charge in [-0.1, -0.05) is 19.3 Å². The number of hydrogen-bond donors (Lipinski definition) is 3. The van der Waals surface area contributed by atoms with E-state index in [2.05, 4.69) is 10.6 Å². The summed E-state index contributed by atoms with van der Waals surface area (Å²) in [6, 6.07) is -0.0271. The van der Waals surface area contributed by atoms with Gasteiger partial charge in [-0.3, -0.25) is 0 Å². The highest BCUT2D eigenvalue weighted by atomic mass is 16.5. The molecule has 2 rings (SSSR count). The summed E-state index contributed by atoms with van der Waals surface area (Å²) >= 11 is 0. The van der Waals surface area contributed by atoms with E-state index in [0.29, 0.717) is 12.5 Å². The zero-order valence-corrected chi connectivity index (χ0v) is 14.2. The van der Waals surface area contributed by atoms with Gasteiger partial charge in [-0.2, -0.15) is 0 Å². The lowest BCUT2D eigenvalue weighted by Crippen LogP contribution is -2.52. The summed E-state index contributed by atoms with van der Waals surface area (Å²) in [5, 5.41) is 16.5. The van der Waals surface area contributed by atoms with Gasteiger partial charge in [0.2, 0.25) is 0 Å². The van der Waals surface area contributed by atoms with Crippen LogP contribution in [0.3, 0.4) is 0 Å². The van der Waals surface area contributed by atoms with Crippen molar-refractivity contribution in [2.75, 3.05) is 6.54 Å². The molecule has 0 aromatic rings. The van der Waals surface area contributed by atoms with Crippen LogP contribution in [-0.2, 0) is 4.74 Å². The molecule has 5 heteroatoms. The van der Waals surface area contributed by atoms with Gasteiger partial charge in [0.05, 0.1) is 17.8 Å². The number of urea groups is 1. The van der Waals surface area contributed by atoms with Gasteiger partial charge in [0, 0.05) is 12.6 Å². The van der Waals surface area contributed by atoms with Crippen LogP contribution in [0.15, 0.2) is 0 Å². The first-order valence-corrected chi connectivity index (χ1v) is 8.79. The number of ether oxygens (including phenoxy) is 1. The van der Waals surface area contributed by atoms with Crippen LogP contribution in [0.1, 0.15) is 65.7 Å². The molecule has 2 amide bonds. The maximum absolute atomic E-state index is 12.1. The Morgan fingerprint density at radius 3 is 2.36 bits per heavy atom. The van der Waals surface area contributed by atoms with E-state index < -0.39 is 5.60 Å². The Labute approximate surface area is 134 Å². The summed E-state index contributed by atoms with van der Waals surface area (Å²) in [6.07, 6.45) is 7.80. The average molecular weight is 312 g/mol. The summed E-state index contributed by atoms with van der Waals surface area (Å²) in [6.45, 7) is 6.24. The number of carbonyl (C=O) groups is 1. The molecule has 1 unspecified atom stereocenters. The minimum Gasteiger partial charge on any atom is -0.388 e. The molecule has 1 saturated heterocycles. The molecule has 3 N–H and O–H groups in total. The third-order valence-corrected chi connectivity index (χ3v) is 5.12. The van der Waals surface area contributed by atoms with Gasteiger partial charge in [0.25, 0.3) is 0 Å². The van der Waals surface area contributed by atoms with Crippen LogP contribution < -0.4 is 10.6 Å². The zero-order valence-electron chi connectivity index (χ0n) is 14.2. The minimum atomic E-state index is -0.811. The number of aliphatic hydroxyl groups is 1. The van der Waals surface area contributed by atoms with Crippen LogP contribution in [-0.4, -0.2) is 41.5 Å². The van der Waals surface area contributed by atoms with Crippen LogP contribution in [0.4, 0.5) is 4.79 Å². The molecular weight excluding hydrogens is 280 g/mol. The molecule has 4 atom stereocenters. The van der Waals surface area contributed by atoms with Crippen molar-refractivity contribution in [2.45, 2.75) is 89.6 Å². The fourth-order valence-corrected chi connectivity index (χ4v) is 3.89. The van der Waals surface area contributed by atoms with Crippen molar-refractivity contribution in [1.82, 2.24) is 10.6 Å². The molecule has 0 bridgehead atoms. The molecule has 2 fully saturated rings. The second kappa shape index (κ2) is 7.64. The van der Waals surface area contributed by atoms with Crippen LogP contribution in [0.5, 0.6) is 0 Å². The van der Waals surface area contributed by atoms with Gasteiger partial charge in [-0.05, 0) is 52.4 Å². The van der Waals surface area contributed by atoms with E-state index in [1.807, 2.05) is 20.8 Å². The molecule has 128 valence electrons. The van der Waals surface area contributed by atoms with Crippen molar-refractivity contribution in [3.63, 3.8) is 0 Å². The summed E-state index contributed by atoms with van der Waals surface area (Å²) in [5.74, 6) is 0.296. The fraction of sp³-hybridized carbons (Fsp3) is 0.941. The maximum Gasteiger partial charge on any atom is 0.315 e. The Bertz CT molecular complexity index is 357. The molecule has 1 aliphatic carbocycles. The molecular formula is C17H32N2O3. The third-order valence-electron chi connectivity index (χ3n) is 5.12. The number of rotatable bonds is 4. The van der Waals surface area contributed by atoms with E-state index in [4.69, 9.17) is 4.74 Å². The second-order valence-electron chi connectivity index (χ2n) is 7.44. The maximum atomic E-state index is 12.1. The predicted molar refractivity (Wildman–Crippen MR) is 86.8 cm³/mol. The standard InChI is InChI=1S/C17H32N2O3/c1-12-9-15(10-13(2)22-12)19-16(20)18-11-17(3,21)14-7-5-4-6-8-14/h12-15,21H,4-11H2,1-3H3,(H2,18,19,20)/t12-,13+,15?,17-/m0/s1. The van der Waals surface area contributed by atoms with Crippen LogP contribution >= 0.6 is 0 Å². The molecule has 0 aromatic carbocycles. The Morgan fingerprint density at radius 1 is 1.18 bits per heavy atom. The van der Waals surface area contributed by atoms with Gasteiger partial charge in [-0.25, -0.2) is 4.79 Å². The lowest BCUT2D eigenvalue weighted by Gasteiger charge is -2.36. The molecule has 1 aliphatic heterocycles. The second-order valence-corrected chi connectivity index (χ2v) is 7.44. The monoisotopic (exact) mass is 312 g/mol. The van der Waals surface area contributed by atoms with Crippen molar-refractivity contribution < 1.29 is 14.6 Å². The van der Waals surface area contributed by atoms with Crippen LogP contribution in [0.25, 0.3) is 0 Å². The van der Waals surface area contributed by atoms with Gasteiger partial charge in [0.1, 0.15) is 0 Å². The smallest absolute Gasteiger partial charge is 0.315 e. The van der Waals surface area contributed by atoms with Gasteiger partial charge >= 0.3 is 6.03 Å². The summed E-state index contributed by atoms with van der Waals surface area (Å²) < 4.78 is 5.68. The van der Waals surface area contributed by atoms with E-state index in [-0.39, 0.29) is 24.3 Å². The molecule has 0 aromatic heterocycles. The zero-order chi connectivity index (χ0) is 16.2. The summed E-state index contributed by atoms with van der Waals surface area (Å²) in [7, 11) is 0. The Kier molecular flexibility index (Phi) is 6.09. The molecule has 0 radical (unpaired) electrons. The molecule has 1 heterocycles. The molecule has 1 saturated carbocycles. The fourth-order valence-electron chi connectivity index (χ4n) is 3.89. The van der Waals surface area contributed by atoms with E-state index in [9.17, 15) is 9.90 Å². The van der Waals surface area contributed by atoms with Crippen LogP contribution in [0, 0.1) is 5.92 Å². The van der Waals surface area contributed by atoms with Gasteiger partial charge in [-0.15, -0.1) is 0 Å². The summed E-state index contributed by atoms with van der Waals surface area (Å²) in [5.41, 5.74) is -0.811. The van der Waals surface area contributed by atoms with E-state index in [1.54, 1.807) is 0 Å². The highest BCUT2D eigenvalue weighted by molar-refractivity contribution is 5.74. The van der Waals surface area contributed by atoms with E-state index in [0.717, 1.165) is 25.7 Å². The van der Waals surface area contributed by atoms with Crippen molar-refractivity contribution in [3.05, 3.63) is 0 Å². The van der Waals surface area contributed by atoms with Gasteiger partial charge < -0.3 is 20.5 Å². The van der Waals surface area contributed by atoms with Crippen LogP contribution in [0.2, 0.25) is 0 Å². The first-order valence-electron chi connectivity index (χ1n) is 8.79. The predicted octanol–water partition coefficient (Wildman–Crippen LogP) is 2.57.